The van der Waals surface area contributed by atoms with Crippen LogP contribution in [0.1, 0.15) is 13.0 Å². The monoisotopic (exact) mass is 218 g/mol. The van der Waals surface area contributed by atoms with Crippen LogP contribution in [-0.2, 0) is 6.61 Å². The fraction of sp³-hybridized carbons (Fsp3) is 0.143. The Kier molecular flexibility index (Phi) is 6.64. The molecule has 0 heterocycles. The van der Waals surface area contributed by atoms with Crippen LogP contribution < -0.4 is 4.74 Å². The van der Waals surface area contributed by atoms with Crippen molar-refractivity contribution >= 4 is 0 Å². The molecule has 0 radical (unpaired) electrons. The van der Waals surface area contributed by atoms with Crippen molar-refractivity contribution in [3.05, 3.63) is 66.2 Å². The molecule has 2 nitrogen and oxygen atoms in total. The molecule has 0 fully saturated rings. The average Bonchev–Trinajstić information content (AvgIpc) is 2.29. The van der Waals surface area contributed by atoms with Gasteiger partial charge in [-0.15, -0.1) is 0 Å². The minimum atomic E-state index is 0. The smallest absolute Gasteiger partial charge is 0.119 e. The second-order valence-corrected chi connectivity index (χ2v) is 3.09. The Balaban J connectivity index is 0.00000112. The van der Waals surface area contributed by atoms with Crippen LogP contribution in [0.4, 0.5) is 0 Å². The van der Waals surface area contributed by atoms with Gasteiger partial charge in [0.15, 0.2) is 0 Å². The first-order valence-electron chi connectivity index (χ1n) is 4.67. The van der Waals surface area contributed by atoms with E-state index in [-0.39, 0.29) is 12.9 Å². The summed E-state index contributed by atoms with van der Waals surface area (Å²) in [4.78, 5) is 0. The summed E-state index contributed by atoms with van der Waals surface area (Å²) in [6.07, 6.45) is 0. The van der Waals surface area contributed by atoms with Gasteiger partial charge in [0, 0.05) is 0 Å². The van der Waals surface area contributed by atoms with Crippen molar-refractivity contribution in [2.45, 2.75) is 14.0 Å². The zero-order valence-corrected chi connectivity index (χ0v) is 8.39. The van der Waals surface area contributed by atoms with E-state index in [1.807, 2.05) is 48.5 Å². The van der Waals surface area contributed by atoms with E-state index in [2.05, 4.69) is 12.1 Å². The predicted octanol–water partition coefficient (Wildman–Crippen LogP) is 3.08. The SMILES string of the molecule is C.O.c1ccc(COc2ccccc2)cc1. The van der Waals surface area contributed by atoms with Crippen molar-refractivity contribution in [3.8, 4) is 5.75 Å². The normalized spacial score (nSPS) is 8.50. The maximum Gasteiger partial charge on any atom is 0.119 e. The molecule has 2 rings (SSSR count). The average molecular weight is 218 g/mol. The van der Waals surface area contributed by atoms with Gasteiger partial charge in [-0.1, -0.05) is 56.0 Å². The number of benzene rings is 2. The molecule has 0 saturated heterocycles. The van der Waals surface area contributed by atoms with E-state index in [4.69, 9.17) is 4.74 Å². The molecule has 2 heteroatoms. The van der Waals surface area contributed by atoms with Crippen molar-refractivity contribution in [1.29, 1.82) is 0 Å². The lowest BCUT2D eigenvalue weighted by Crippen LogP contribution is -1.94. The molecular formula is C14H18O2. The molecule has 0 unspecified atom stereocenters. The van der Waals surface area contributed by atoms with Crippen LogP contribution in [0.2, 0.25) is 0 Å². The summed E-state index contributed by atoms with van der Waals surface area (Å²) in [5, 5.41) is 0. The fourth-order valence-electron chi connectivity index (χ4n) is 1.26. The molecule has 2 aromatic carbocycles. The van der Waals surface area contributed by atoms with Crippen molar-refractivity contribution < 1.29 is 10.2 Å². The second kappa shape index (κ2) is 7.49. The number of rotatable bonds is 3. The molecule has 0 atom stereocenters. The zero-order chi connectivity index (χ0) is 9.64. The first-order chi connectivity index (χ1) is 6.95. The van der Waals surface area contributed by atoms with Crippen LogP contribution in [0.25, 0.3) is 0 Å². The Labute approximate surface area is 96.8 Å². The minimum absolute atomic E-state index is 0. The minimum Gasteiger partial charge on any atom is -0.489 e. The van der Waals surface area contributed by atoms with E-state index >= 15 is 0 Å². The molecule has 2 N–H and O–H groups in total. The molecule has 0 aromatic heterocycles. The summed E-state index contributed by atoms with van der Waals surface area (Å²) >= 11 is 0. The lowest BCUT2D eigenvalue weighted by atomic mass is 10.2. The standard InChI is InChI=1S/C13H12O.CH4.H2O/c1-3-7-12(8-4-1)11-14-13-9-5-2-6-10-13;;/h1-10H,11H2;1H4;1H2. The van der Waals surface area contributed by atoms with E-state index in [0.29, 0.717) is 6.61 Å². The fourth-order valence-corrected chi connectivity index (χ4v) is 1.26. The Morgan fingerprint density at radius 3 is 1.81 bits per heavy atom. The zero-order valence-electron chi connectivity index (χ0n) is 8.39. The molecule has 86 valence electrons. The van der Waals surface area contributed by atoms with Crippen LogP contribution in [0.3, 0.4) is 0 Å². The maximum absolute atomic E-state index is 5.59. The Morgan fingerprint density at radius 1 is 0.750 bits per heavy atom. The summed E-state index contributed by atoms with van der Waals surface area (Å²) in [6, 6.07) is 20.0. The molecule has 0 aliphatic carbocycles. The highest BCUT2D eigenvalue weighted by Gasteiger charge is 1.92. The summed E-state index contributed by atoms with van der Waals surface area (Å²) in [5.74, 6) is 0.913. The van der Waals surface area contributed by atoms with Gasteiger partial charge in [0.2, 0.25) is 0 Å². The van der Waals surface area contributed by atoms with Crippen LogP contribution in [0.5, 0.6) is 5.75 Å². The van der Waals surface area contributed by atoms with Gasteiger partial charge in [-0.05, 0) is 17.7 Å². The number of hydrogen-bond donors (Lipinski definition) is 0. The number of ether oxygens (including phenoxy) is 1. The first-order valence-corrected chi connectivity index (χ1v) is 4.67. The third kappa shape index (κ3) is 4.15. The van der Waals surface area contributed by atoms with E-state index in [1.54, 1.807) is 0 Å². The van der Waals surface area contributed by atoms with Gasteiger partial charge >= 0.3 is 0 Å². The van der Waals surface area contributed by atoms with E-state index in [1.165, 1.54) is 5.56 Å². The van der Waals surface area contributed by atoms with E-state index in [9.17, 15) is 0 Å². The maximum atomic E-state index is 5.59. The highest BCUT2D eigenvalue weighted by molar-refractivity contribution is 5.22. The summed E-state index contributed by atoms with van der Waals surface area (Å²) < 4.78 is 5.59. The topological polar surface area (TPSA) is 40.7 Å². The highest BCUT2D eigenvalue weighted by Crippen LogP contribution is 2.10. The second-order valence-electron chi connectivity index (χ2n) is 3.09. The lowest BCUT2D eigenvalue weighted by molar-refractivity contribution is 0.306. The van der Waals surface area contributed by atoms with Crippen molar-refractivity contribution in [2.24, 2.45) is 0 Å². The number of hydrogen-bond acceptors (Lipinski definition) is 1. The molecular weight excluding hydrogens is 200 g/mol. The van der Waals surface area contributed by atoms with Crippen LogP contribution in [0, 0.1) is 0 Å². The molecule has 0 saturated carbocycles. The largest absolute Gasteiger partial charge is 0.489 e. The molecule has 0 spiro atoms. The lowest BCUT2D eigenvalue weighted by Gasteiger charge is -2.05. The Bertz CT molecular complexity index is 331. The third-order valence-electron chi connectivity index (χ3n) is 1.99. The molecule has 0 aliphatic heterocycles. The summed E-state index contributed by atoms with van der Waals surface area (Å²) in [6.45, 7) is 0.630. The Hall–Kier alpha value is -1.80. The van der Waals surface area contributed by atoms with Gasteiger partial charge in [0.25, 0.3) is 0 Å². The summed E-state index contributed by atoms with van der Waals surface area (Å²) in [5.41, 5.74) is 1.19. The van der Waals surface area contributed by atoms with Crippen molar-refractivity contribution in [3.63, 3.8) is 0 Å². The molecule has 16 heavy (non-hydrogen) atoms. The number of para-hydroxylation sites is 1. The predicted molar refractivity (Wildman–Crippen MR) is 67.6 cm³/mol. The highest BCUT2D eigenvalue weighted by atomic mass is 16.5. The van der Waals surface area contributed by atoms with Gasteiger partial charge in [-0.25, -0.2) is 0 Å². The van der Waals surface area contributed by atoms with Gasteiger partial charge < -0.3 is 10.2 Å². The molecule has 0 amide bonds. The van der Waals surface area contributed by atoms with Crippen molar-refractivity contribution in [2.75, 3.05) is 0 Å². The van der Waals surface area contributed by atoms with E-state index in [0.717, 1.165) is 5.75 Å². The summed E-state index contributed by atoms with van der Waals surface area (Å²) in [7, 11) is 0. The van der Waals surface area contributed by atoms with Crippen molar-refractivity contribution in [1.82, 2.24) is 0 Å². The van der Waals surface area contributed by atoms with Gasteiger partial charge in [-0.3, -0.25) is 0 Å². The molecule has 0 aliphatic rings. The van der Waals surface area contributed by atoms with Gasteiger partial charge in [-0.2, -0.15) is 0 Å². The molecule has 2 aromatic rings. The quantitative estimate of drug-likeness (QED) is 0.780. The van der Waals surface area contributed by atoms with Crippen LogP contribution in [0.15, 0.2) is 60.7 Å². The first kappa shape index (κ1) is 14.2. The Morgan fingerprint density at radius 2 is 1.25 bits per heavy atom. The van der Waals surface area contributed by atoms with E-state index < -0.39 is 0 Å². The molecule has 0 bridgehead atoms. The van der Waals surface area contributed by atoms with Crippen LogP contribution in [-0.4, -0.2) is 5.48 Å². The third-order valence-corrected chi connectivity index (χ3v) is 1.99. The van der Waals surface area contributed by atoms with Crippen LogP contribution >= 0.6 is 0 Å². The van der Waals surface area contributed by atoms with Gasteiger partial charge in [0.05, 0.1) is 0 Å². The van der Waals surface area contributed by atoms with Gasteiger partial charge in [0.1, 0.15) is 12.4 Å².